The first-order chi connectivity index (χ1) is 10.1. The molecule has 2 unspecified atom stereocenters. The van der Waals surface area contributed by atoms with Crippen LogP contribution in [0.2, 0.25) is 0 Å². The van der Waals surface area contributed by atoms with Crippen molar-refractivity contribution < 1.29 is 9.18 Å². The van der Waals surface area contributed by atoms with E-state index in [1.165, 1.54) is 31.5 Å². The highest BCUT2D eigenvalue weighted by Crippen LogP contribution is 2.30. The van der Waals surface area contributed by atoms with Gasteiger partial charge in [0.1, 0.15) is 5.82 Å². The average Bonchev–Trinajstić information content (AvgIpc) is 2.46. The first-order valence-electron chi connectivity index (χ1n) is 7.82. The highest BCUT2D eigenvalue weighted by Gasteiger charge is 2.36. The number of hydrogen-bond acceptors (Lipinski definition) is 2. The number of carbonyl (C=O) groups excluding carboxylic acids is 1. The zero-order valence-electron chi connectivity index (χ0n) is 12.8. The van der Waals surface area contributed by atoms with Crippen LogP contribution in [0.5, 0.6) is 0 Å². The lowest BCUT2D eigenvalue weighted by Gasteiger charge is -2.46. The van der Waals surface area contributed by atoms with E-state index in [9.17, 15) is 9.18 Å². The molecule has 0 saturated carbocycles. The molecule has 4 heteroatoms. The Morgan fingerprint density at radius 3 is 2.86 bits per heavy atom. The van der Waals surface area contributed by atoms with Gasteiger partial charge in [0.05, 0.1) is 0 Å². The van der Waals surface area contributed by atoms with Gasteiger partial charge in [0.15, 0.2) is 0 Å². The molecule has 0 aliphatic carbocycles. The fraction of sp³-hybridized carbons (Fsp3) is 0.588. The van der Waals surface area contributed by atoms with Gasteiger partial charge < -0.3 is 9.80 Å². The van der Waals surface area contributed by atoms with Crippen LogP contribution in [-0.2, 0) is 0 Å². The third kappa shape index (κ3) is 2.82. The number of nitrogens with zero attached hydrogens (tertiary/aromatic N) is 2. The zero-order valence-corrected chi connectivity index (χ0v) is 12.8. The molecule has 2 atom stereocenters. The van der Waals surface area contributed by atoms with Crippen molar-refractivity contribution in [3.05, 3.63) is 35.1 Å². The lowest BCUT2D eigenvalue weighted by atomic mass is 9.84. The molecule has 1 aromatic carbocycles. The predicted octanol–water partition coefficient (Wildman–Crippen LogP) is 2.69. The SMILES string of the molecule is Cc1cc(F)ccc1C(=O)N1CCC2C(CCCN2C)C1. The molecule has 114 valence electrons. The Labute approximate surface area is 125 Å². The lowest BCUT2D eigenvalue weighted by Crippen LogP contribution is -2.53. The van der Waals surface area contributed by atoms with Gasteiger partial charge in [-0.05, 0) is 69.5 Å². The van der Waals surface area contributed by atoms with E-state index in [4.69, 9.17) is 0 Å². The second-order valence-corrected chi connectivity index (χ2v) is 6.45. The van der Waals surface area contributed by atoms with Crippen molar-refractivity contribution in [3.63, 3.8) is 0 Å². The van der Waals surface area contributed by atoms with Gasteiger partial charge in [0.2, 0.25) is 0 Å². The Kier molecular flexibility index (Phi) is 3.98. The summed E-state index contributed by atoms with van der Waals surface area (Å²) < 4.78 is 13.2. The quantitative estimate of drug-likeness (QED) is 0.794. The number of hydrogen-bond donors (Lipinski definition) is 0. The van der Waals surface area contributed by atoms with Gasteiger partial charge in [-0.15, -0.1) is 0 Å². The molecular formula is C17H23FN2O. The highest BCUT2D eigenvalue weighted by molar-refractivity contribution is 5.95. The number of fused-ring (bicyclic) bond motifs is 1. The summed E-state index contributed by atoms with van der Waals surface area (Å²) in [7, 11) is 2.19. The minimum Gasteiger partial charge on any atom is -0.338 e. The molecule has 2 aliphatic rings. The van der Waals surface area contributed by atoms with Crippen LogP contribution in [0.1, 0.15) is 35.2 Å². The van der Waals surface area contributed by atoms with E-state index >= 15 is 0 Å². The van der Waals surface area contributed by atoms with Crippen molar-refractivity contribution in [2.45, 2.75) is 32.2 Å². The summed E-state index contributed by atoms with van der Waals surface area (Å²) in [5.41, 5.74) is 1.36. The van der Waals surface area contributed by atoms with Gasteiger partial charge in [-0.3, -0.25) is 4.79 Å². The predicted molar refractivity (Wildman–Crippen MR) is 80.8 cm³/mol. The summed E-state index contributed by atoms with van der Waals surface area (Å²) in [5.74, 6) is 0.359. The highest BCUT2D eigenvalue weighted by atomic mass is 19.1. The minimum atomic E-state index is -0.281. The standard InChI is InChI=1S/C17H23FN2O/c1-12-10-14(18)5-6-15(12)17(21)20-9-7-16-13(11-20)4-3-8-19(16)2/h5-6,10,13,16H,3-4,7-9,11H2,1-2H3. The average molecular weight is 290 g/mol. The van der Waals surface area contributed by atoms with E-state index in [2.05, 4.69) is 11.9 Å². The Morgan fingerprint density at radius 1 is 1.29 bits per heavy atom. The second kappa shape index (κ2) is 5.76. The maximum absolute atomic E-state index is 13.2. The van der Waals surface area contributed by atoms with E-state index in [-0.39, 0.29) is 11.7 Å². The third-order valence-corrected chi connectivity index (χ3v) is 5.05. The number of benzene rings is 1. The van der Waals surface area contributed by atoms with Crippen LogP contribution in [-0.4, -0.2) is 48.4 Å². The number of carbonyl (C=O) groups is 1. The van der Waals surface area contributed by atoms with Gasteiger partial charge >= 0.3 is 0 Å². The lowest BCUT2D eigenvalue weighted by molar-refractivity contribution is 0.0316. The summed E-state index contributed by atoms with van der Waals surface area (Å²) in [6, 6.07) is 5.05. The summed E-state index contributed by atoms with van der Waals surface area (Å²) in [4.78, 5) is 17.1. The number of piperidine rings is 2. The van der Waals surface area contributed by atoms with E-state index < -0.39 is 0 Å². The molecule has 0 bridgehead atoms. The Balaban J connectivity index is 1.74. The Bertz CT molecular complexity index is 546. The maximum Gasteiger partial charge on any atom is 0.254 e. The molecule has 2 aliphatic heterocycles. The van der Waals surface area contributed by atoms with E-state index in [1.54, 1.807) is 13.0 Å². The minimum absolute atomic E-state index is 0.0548. The van der Waals surface area contributed by atoms with Crippen LogP contribution in [0, 0.1) is 18.7 Å². The molecular weight excluding hydrogens is 267 g/mol. The number of rotatable bonds is 1. The van der Waals surface area contributed by atoms with Crippen molar-refractivity contribution in [1.82, 2.24) is 9.80 Å². The van der Waals surface area contributed by atoms with Crippen LogP contribution in [0.4, 0.5) is 4.39 Å². The number of amides is 1. The van der Waals surface area contributed by atoms with E-state index in [1.807, 2.05) is 4.90 Å². The van der Waals surface area contributed by atoms with Crippen molar-refractivity contribution in [2.24, 2.45) is 5.92 Å². The summed E-state index contributed by atoms with van der Waals surface area (Å²) in [5, 5.41) is 0. The monoisotopic (exact) mass is 290 g/mol. The molecule has 0 spiro atoms. The topological polar surface area (TPSA) is 23.6 Å². The third-order valence-electron chi connectivity index (χ3n) is 5.05. The molecule has 0 aromatic heterocycles. The molecule has 3 nitrogen and oxygen atoms in total. The fourth-order valence-corrected chi connectivity index (χ4v) is 3.87. The Hall–Kier alpha value is -1.42. The molecule has 3 rings (SSSR count). The first kappa shape index (κ1) is 14.5. The maximum atomic E-state index is 13.2. The molecule has 1 aromatic rings. The normalized spacial score (nSPS) is 26.5. The largest absolute Gasteiger partial charge is 0.338 e. The van der Waals surface area contributed by atoms with Gasteiger partial charge in [0.25, 0.3) is 5.91 Å². The van der Waals surface area contributed by atoms with E-state index in [0.717, 1.165) is 25.1 Å². The molecule has 21 heavy (non-hydrogen) atoms. The molecule has 2 heterocycles. The molecule has 0 radical (unpaired) electrons. The van der Waals surface area contributed by atoms with Crippen LogP contribution in [0.3, 0.4) is 0 Å². The van der Waals surface area contributed by atoms with Gasteiger partial charge in [-0.2, -0.15) is 0 Å². The van der Waals surface area contributed by atoms with Crippen LogP contribution < -0.4 is 0 Å². The van der Waals surface area contributed by atoms with Gasteiger partial charge in [0, 0.05) is 24.7 Å². The summed E-state index contributed by atoms with van der Waals surface area (Å²) in [6.07, 6.45) is 3.48. The van der Waals surface area contributed by atoms with Crippen molar-refractivity contribution in [1.29, 1.82) is 0 Å². The zero-order chi connectivity index (χ0) is 15.0. The summed E-state index contributed by atoms with van der Waals surface area (Å²) in [6.45, 7) is 4.62. The number of likely N-dealkylation sites (tertiary alicyclic amines) is 2. The van der Waals surface area contributed by atoms with Gasteiger partial charge in [-0.25, -0.2) is 4.39 Å². The smallest absolute Gasteiger partial charge is 0.254 e. The van der Waals surface area contributed by atoms with Crippen molar-refractivity contribution >= 4 is 5.91 Å². The molecule has 0 N–H and O–H groups in total. The second-order valence-electron chi connectivity index (χ2n) is 6.45. The summed E-state index contributed by atoms with van der Waals surface area (Å²) >= 11 is 0. The van der Waals surface area contributed by atoms with Crippen molar-refractivity contribution in [2.75, 3.05) is 26.7 Å². The van der Waals surface area contributed by atoms with Crippen LogP contribution >= 0.6 is 0 Å². The molecule has 1 amide bonds. The molecule has 2 fully saturated rings. The van der Waals surface area contributed by atoms with Crippen molar-refractivity contribution in [3.8, 4) is 0 Å². The number of halogens is 1. The molecule has 2 saturated heterocycles. The fourth-order valence-electron chi connectivity index (χ4n) is 3.87. The Morgan fingerprint density at radius 2 is 2.10 bits per heavy atom. The van der Waals surface area contributed by atoms with Crippen LogP contribution in [0.15, 0.2) is 18.2 Å². The van der Waals surface area contributed by atoms with Crippen LogP contribution in [0.25, 0.3) is 0 Å². The number of aryl methyl sites for hydroxylation is 1. The first-order valence-corrected chi connectivity index (χ1v) is 7.82. The van der Waals surface area contributed by atoms with Gasteiger partial charge in [-0.1, -0.05) is 0 Å². The van der Waals surface area contributed by atoms with E-state index in [0.29, 0.717) is 17.5 Å².